The Kier molecular flexibility index (Phi) is 4.96. The summed E-state index contributed by atoms with van der Waals surface area (Å²) >= 11 is 13.3. The van der Waals surface area contributed by atoms with Crippen LogP contribution in [-0.2, 0) is 6.54 Å². The molecule has 0 bridgehead atoms. The standard InChI is InChI=1S/C17H12Cl2N2OS/c18-12-6-7-14(16(22)11-4-2-1-3-5-11)15(8-12)20-9-13-10-21-17(19)23-13/h1-8,10,20H,9H2. The molecule has 0 aliphatic rings. The fourth-order valence-corrected chi connectivity index (χ4v) is 3.24. The molecule has 0 radical (unpaired) electrons. The first-order valence-corrected chi connectivity index (χ1v) is 8.44. The minimum atomic E-state index is -0.0490. The molecule has 0 atom stereocenters. The van der Waals surface area contributed by atoms with E-state index in [1.54, 1.807) is 36.5 Å². The minimum Gasteiger partial charge on any atom is -0.379 e. The number of halogens is 2. The number of nitrogens with zero attached hydrogens (tertiary/aromatic N) is 1. The number of thiazole rings is 1. The molecule has 0 saturated heterocycles. The number of rotatable bonds is 5. The quantitative estimate of drug-likeness (QED) is 0.626. The zero-order valence-corrected chi connectivity index (χ0v) is 14.3. The highest BCUT2D eigenvalue weighted by molar-refractivity contribution is 7.15. The highest BCUT2D eigenvalue weighted by Gasteiger charge is 2.14. The van der Waals surface area contributed by atoms with E-state index in [-0.39, 0.29) is 5.78 Å². The first kappa shape index (κ1) is 16.0. The monoisotopic (exact) mass is 362 g/mol. The third kappa shape index (κ3) is 3.91. The molecule has 1 N–H and O–H groups in total. The lowest BCUT2D eigenvalue weighted by atomic mass is 10.0. The summed E-state index contributed by atoms with van der Waals surface area (Å²) in [6.45, 7) is 0.528. The van der Waals surface area contributed by atoms with E-state index in [0.717, 1.165) is 4.88 Å². The Bertz CT molecular complexity index is 834. The van der Waals surface area contributed by atoms with Crippen molar-refractivity contribution in [2.24, 2.45) is 0 Å². The first-order chi connectivity index (χ1) is 11.1. The first-order valence-electron chi connectivity index (χ1n) is 6.87. The van der Waals surface area contributed by atoms with Crippen LogP contribution in [0.5, 0.6) is 0 Å². The molecule has 0 saturated carbocycles. The van der Waals surface area contributed by atoms with E-state index >= 15 is 0 Å². The Labute approximate surface area is 147 Å². The molecule has 0 spiro atoms. The average molecular weight is 363 g/mol. The SMILES string of the molecule is O=C(c1ccccc1)c1ccc(Cl)cc1NCc1cnc(Cl)s1. The Morgan fingerprint density at radius 2 is 1.91 bits per heavy atom. The topological polar surface area (TPSA) is 42.0 Å². The van der Waals surface area contributed by atoms with E-state index in [1.165, 1.54) is 11.3 Å². The maximum atomic E-state index is 12.7. The lowest BCUT2D eigenvalue weighted by molar-refractivity contribution is 0.103. The summed E-state index contributed by atoms with van der Waals surface area (Å²) in [4.78, 5) is 17.7. The molecule has 0 amide bonds. The van der Waals surface area contributed by atoms with Crippen molar-refractivity contribution in [1.29, 1.82) is 0 Å². The van der Waals surface area contributed by atoms with Gasteiger partial charge in [0.2, 0.25) is 0 Å². The second-order valence-electron chi connectivity index (χ2n) is 4.82. The molecule has 3 nitrogen and oxygen atoms in total. The minimum absolute atomic E-state index is 0.0490. The molecule has 0 fully saturated rings. The summed E-state index contributed by atoms with van der Waals surface area (Å²) in [5.74, 6) is -0.0490. The summed E-state index contributed by atoms with van der Waals surface area (Å²) < 4.78 is 0.494. The molecule has 0 unspecified atom stereocenters. The molecule has 3 aromatic rings. The highest BCUT2D eigenvalue weighted by atomic mass is 35.5. The predicted molar refractivity (Wildman–Crippen MR) is 95.8 cm³/mol. The molecular formula is C17H12Cl2N2OS. The van der Waals surface area contributed by atoms with Crippen LogP contribution >= 0.6 is 34.5 Å². The van der Waals surface area contributed by atoms with Crippen LogP contribution in [0, 0.1) is 0 Å². The van der Waals surface area contributed by atoms with Crippen LogP contribution in [-0.4, -0.2) is 10.8 Å². The summed E-state index contributed by atoms with van der Waals surface area (Å²) in [5.41, 5.74) is 1.91. The van der Waals surface area contributed by atoms with Crippen LogP contribution < -0.4 is 5.32 Å². The van der Waals surface area contributed by atoms with Gasteiger partial charge in [-0.25, -0.2) is 4.98 Å². The smallest absolute Gasteiger partial charge is 0.195 e. The van der Waals surface area contributed by atoms with Gasteiger partial charge in [-0.15, -0.1) is 11.3 Å². The number of carbonyl (C=O) groups is 1. The maximum Gasteiger partial charge on any atom is 0.195 e. The lowest BCUT2D eigenvalue weighted by Gasteiger charge is -2.11. The third-order valence-electron chi connectivity index (χ3n) is 3.24. The Morgan fingerprint density at radius 3 is 2.61 bits per heavy atom. The number of nitrogens with one attached hydrogen (secondary N) is 1. The van der Waals surface area contributed by atoms with Gasteiger partial charge in [0.1, 0.15) is 0 Å². The number of aromatic nitrogens is 1. The zero-order chi connectivity index (χ0) is 16.2. The van der Waals surface area contributed by atoms with Gasteiger partial charge in [-0.3, -0.25) is 4.79 Å². The Hall–Kier alpha value is -1.88. The largest absolute Gasteiger partial charge is 0.379 e. The molecule has 116 valence electrons. The molecule has 1 aromatic heterocycles. The van der Waals surface area contributed by atoms with Gasteiger partial charge in [-0.1, -0.05) is 53.5 Å². The van der Waals surface area contributed by atoms with E-state index in [9.17, 15) is 4.79 Å². The lowest BCUT2D eigenvalue weighted by Crippen LogP contribution is -2.07. The average Bonchev–Trinajstić information content (AvgIpc) is 2.99. The molecule has 6 heteroatoms. The van der Waals surface area contributed by atoms with Crippen LogP contribution in [0.4, 0.5) is 5.69 Å². The van der Waals surface area contributed by atoms with Crippen molar-refractivity contribution in [3.63, 3.8) is 0 Å². The number of anilines is 1. The second kappa shape index (κ2) is 7.13. The summed E-state index contributed by atoms with van der Waals surface area (Å²) in [5, 5.41) is 3.81. The molecule has 1 heterocycles. The van der Waals surface area contributed by atoms with Crippen molar-refractivity contribution in [2.75, 3.05) is 5.32 Å². The molecule has 3 rings (SSSR count). The van der Waals surface area contributed by atoms with Crippen LogP contribution in [0.25, 0.3) is 0 Å². The molecular weight excluding hydrogens is 351 g/mol. The van der Waals surface area contributed by atoms with E-state index in [1.807, 2.05) is 18.2 Å². The number of hydrogen-bond donors (Lipinski definition) is 1. The van der Waals surface area contributed by atoms with E-state index in [4.69, 9.17) is 23.2 Å². The summed E-state index contributed by atoms with van der Waals surface area (Å²) in [6.07, 6.45) is 1.71. The third-order valence-corrected chi connectivity index (χ3v) is 4.59. The molecule has 0 aliphatic heterocycles. The van der Waals surface area contributed by atoms with Crippen molar-refractivity contribution < 1.29 is 4.79 Å². The van der Waals surface area contributed by atoms with E-state index < -0.39 is 0 Å². The summed E-state index contributed by atoms with van der Waals surface area (Å²) in [7, 11) is 0. The highest BCUT2D eigenvalue weighted by Crippen LogP contribution is 2.25. The Morgan fingerprint density at radius 1 is 1.13 bits per heavy atom. The zero-order valence-electron chi connectivity index (χ0n) is 11.9. The van der Waals surface area contributed by atoms with Gasteiger partial charge in [0.05, 0.1) is 6.54 Å². The van der Waals surface area contributed by atoms with Gasteiger partial charge < -0.3 is 5.32 Å². The van der Waals surface area contributed by atoms with E-state index in [0.29, 0.717) is 32.8 Å². The number of carbonyl (C=O) groups excluding carboxylic acids is 1. The van der Waals surface area contributed by atoms with Gasteiger partial charge in [-0.2, -0.15) is 0 Å². The summed E-state index contributed by atoms with van der Waals surface area (Å²) in [6, 6.07) is 14.4. The van der Waals surface area contributed by atoms with Gasteiger partial charge in [0, 0.05) is 32.9 Å². The van der Waals surface area contributed by atoms with Crippen LogP contribution in [0.15, 0.2) is 54.7 Å². The van der Waals surface area contributed by atoms with E-state index in [2.05, 4.69) is 10.3 Å². The van der Waals surface area contributed by atoms with Crippen molar-refractivity contribution in [2.45, 2.75) is 6.54 Å². The van der Waals surface area contributed by atoms with Crippen LogP contribution in [0.1, 0.15) is 20.8 Å². The van der Waals surface area contributed by atoms with Crippen molar-refractivity contribution in [3.05, 3.63) is 80.2 Å². The van der Waals surface area contributed by atoms with Crippen molar-refractivity contribution >= 4 is 46.0 Å². The maximum absolute atomic E-state index is 12.7. The Balaban J connectivity index is 1.87. The molecule has 23 heavy (non-hydrogen) atoms. The molecule has 2 aromatic carbocycles. The van der Waals surface area contributed by atoms with Crippen molar-refractivity contribution in [3.8, 4) is 0 Å². The second-order valence-corrected chi connectivity index (χ2v) is 6.95. The van der Waals surface area contributed by atoms with Gasteiger partial charge in [-0.05, 0) is 18.2 Å². The predicted octanol–water partition coefficient (Wildman–Crippen LogP) is 5.29. The number of hydrogen-bond acceptors (Lipinski definition) is 4. The molecule has 0 aliphatic carbocycles. The van der Waals surface area contributed by atoms with Crippen LogP contribution in [0.2, 0.25) is 9.49 Å². The number of ketones is 1. The normalized spacial score (nSPS) is 10.5. The number of benzene rings is 2. The van der Waals surface area contributed by atoms with Gasteiger partial charge >= 0.3 is 0 Å². The van der Waals surface area contributed by atoms with Crippen molar-refractivity contribution in [1.82, 2.24) is 4.98 Å². The fourth-order valence-electron chi connectivity index (χ4n) is 2.15. The fraction of sp³-hybridized carbons (Fsp3) is 0.0588. The van der Waals surface area contributed by atoms with Gasteiger partial charge in [0.25, 0.3) is 0 Å². The van der Waals surface area contributed by atoms with Gasteiger partial charge in [0.15, 0.2) is 10.3 Å². The van der Waals surface area contributed by atoms with Crippen LogP contribution in [0.3, 0.4) is 0 Å².